The molecule has 1 heterocycles. The van der Waals surface area contributed by atoms with Gasteiger partial charge in [0, 0.05) is 24.7 Å². The van der Waals surface area contributed by atoms with Crippen LogP contribution in [0.1, 0.15) is 36.2 Å². The van der Waals surface area contributed by atoms with E-state index in [2.05, 4.69) is 5.32 Å². The maximum absolute atomic E-state index is 12.6. The number of aromatic carboxylic acids is 1. The lowest BCUT2D eigenvalue weighted by atomic mass is 9.97. The number of aryl methyl sites for hydroxylation is 1. The molecule has 1 amide bonds. The van der Waals surface area contributed by atoms with Crippen LogP contribution in [0.3, 0.4) is 0 Å². The van der Waals surface area contributed by atoms with Gasteiger partial charge in [-0.1, -0.05) is 13.8 Å². The molecule has 1 atom stereocenters. The van der Waals surface area contributed by atoms with Crippen LogP contribution in [0.15, 0.2) is 18.2 Å². The van der Waals surface area contributed by atoms with E-state index in [0.717, 1.165) is 30.6 Å². The van der Waals surface area contributed by atoms with Gasteiger partial charge in [0.05, 0.1) is 5.56 Å². The van der Waals surface area contributed by atoms with E-state index in [-0.39, 0.29) is 17.4 Å². The van der Waals surface area contributed by atoms with Crippen molar-refractivity contribution in [1.29, 1.82) is 0 Å². The lowest BCUT2D eigenvalue weighted by Crippen LogP contribution is -2.41. The third-order valence-electron chi connectivity index (χ3n) is 3.83. The summed E-state index contributed by atoms with van der Waals surface area (Å²) in [5.74, 6) is -0.920. The Bertz CT molecular complexity index is 542. The molecule has 21 heavy (non-hydrogen) atoms. The summed E-state index contributed by atoms with van der Waals surface area (Å²) in [6.07, 6.45) is 1.69. The van der Waals surface area contributed by atoms with Crippen LogP contribution in [0, 0.1) is 5.92 Å². The highest BCUT2D eigenvalue weighted by Crippen LogP contribution is 2.29. The molecule has 5 heteroatoms. The molecular formula is C16H22N2O3. The smallest absolute Gasteiger partial charge is 0.335 e. The van der Waals surface area contributed by atoms with Crippen molar-refractivity contribution >= 4 is 17.6 Å². The molecule has 0 saturated carbocycles. The molecule has 2 N–H and O–H groups in total. The summed E-state index contributed by atoms with van der Waals surface area (Å²) in [6, 6.07) is 5.02. The normalized spacial score (nSPS) is 15.4. The third kappa shape index (κ3) is 3.42. The summed E-state index contributed by atoms with van der Waals surface area (Å²) in [7, 11) is 0. The van der Waals surface area contributed by atoms with Crippen molar-refractivity contribution in [2.24, 2.45) is 5.92 Å². The van der Waals surface area contributed by atoms with E-state index < -0.39 is 5.97 Å². The van der Waals surface area contributed by atoms with Gasteiger partial charge in [-0.2, -0.15) is 0 Å². The zero-order valence-electron chi connectivity index (χ0n) is 12.6. The molecule has 1 aliphatic rings. The first-order valence-electron chi connectivity index (χ1n) is 7.43. The van der Waals surface area contributed by atoms with Crippen LogP contribution in [0.25, 0.3) is 0 Å². The van der Waals surface area contributed by atoms with Crippen molar-refractivity contribution < 1.29 is 14.7 Å². The van der Waals surface area contributed by atoms with Crippen molar-refractivity contribution in [2.45, 2.75) is 26.7 Å². The zero-order chi connectivity index (χ0) is 15.4. The summed E-state index contributed by atoms with van der Waals surface area (Å²) in [6.45, 7) is 6.14. The Morgan fingerprint density at radius 2 is 2.19 bits per heavy atom. The molecular weight excluding hydrogens is 268 g/mol. The van der Waals surface area contributed by atoms with Gasteiger partial charge in [0.25, 0.3) is 0 Å². The molecule has 0 bridgehead atoms. The van der Waals surface area contributed by atoms with Gasteiger partial charge in [0.15, 0.2) is 0 Å². The van der Waals surface area contributed by atoms with E-state index in [1.54, 1.807) is 23.1 Å². The first-order valence-corrected chi connectivity index (χ1v) is 7.43. The van der Waals surface area contributed by atoms with E-state index >= 15 is 0 Å². The third-order valence-corrected chi connectivity index (χ3v) is 3.83. The first-order chi connectivity index (χ1) is 10.0. The average Bonchev–Trinajstić information content (AvgIpc) is 2.50. The van der Waals surface area contributed by atoms with Gasteiger partial charge < -0.3 is 15.3 Å². The van der Waals surface area contributed by atoms with Gasteiger partial charge in [0.1, 0.15) is 0 Å². The highest BCUT2D eigenvalue weighted by molar-refractivity contribution is 5.97. The summed E-state index contributed by atoms with van der Waals surface area (Å²) >= 11 is 0. The van der Waals surface area contributed by atoms with E-state index in [0.29, 0.717) is 13.1 Å². The van der Waals surface area contributed by atoms with Gasteiger partial charge in [-0.3, -0.25) is 4.79 Å². The monoisotopic (exact) mass is 290 g/mol. The number of carbonyl (C=O) groups excluding carboxylic acids is 1. The van der Waals surface area contributed by atoms with Crippen molar-refractivity contribution in [3.05, 3.63) is 29.3 Å². The minimum Gasteiger partial charge on any atom is -0.478 e. The topological polar surface area (TPSA) is 69.6 Å². The number of anilines is 1. The van der Waals surface area contributed by atoms with Crippen molar-refractivity contribution in [3.8, 4) is 0 Å². The van der Waals surface area contributed by atoms with E-state index in [1.165, 1.54) is 0 Å². The Kier molecular flexibility index (Phi) is 4.96. The standard InChI is InChI=1S/C16H22N2O3/c1-3-17-10-11(2)15(19)18-8-4-5-12-9-13(16(20)21)6-7-14(12)18/h6-7,9,11,17H,3-5,8,10H2,1-2H3,(H,20,21). The predicted molar refractivity (Wildman–Crippen MR) is 81.8 cm³/mol. The number of rotatable bonds is 5. The molecule has 2 rings (SSSR count). The van der Waals surface area contributed by atoms with Crippen LogP contribution >= 0.6 is 0 Å². The van der Waals surface area contributed by atoms with Crippen LogP contribution in [0.5, 0.6) is 0 Å². The first kappa shape index (κ1) is 15.5. The van der Waals surface area contributed by atoms with E-state index in [9.17, 15) is 9.59 Å². The number of nitrogens with one attached hydrogen (secondary N) is 1. The lowest BCUT2D eigenvalue weighted by molar-refractivity contribution is -0.121. The van der Waals surface area contributed by atoms with Crippen molar-refractivity contribution in [1.82, 2.24) is 5.32 Å². The molecule has 0 saturated heterocycles. The Morgan fingerprint density at radius 1 is 1.43 bits per heavy atom. The largest absolute Gasteiger partial charge is 0.478 e. The number of benzene rings is 1. The number of amides is 1. The van der Waals surface area contributed by atoms with Gasteiger partial charge in [-0.25, -0.2) is 4.79 Å². The summed E-state index contributed by atoms with van der Waals surface area (Å²) in [4.78, 5) is 25.4. The molecule has 5 nitrogen and oxygen atoms in total. The van der Waals surface area contributed by atoms with Gasteiger partial charge in [0.2, 0.25) is 5.91 Å². The van der Waals surface area contributed by atoms with Gasteiger partial charge in [-0.15, -0.1) is 0 Å². The average molecular weight is 290 g/mol. The van der Waals surface area contributed by atoms with Crippen LogP contribution in [-0.2, 0) is 11.2 Å². The predicted octanol–water partition coefficient (Wildman–Crippen LogP) is 1.91. The molecule has 0 radical (unpaired) electrons. The fraction of sp³-hybridized carbons (Fsp3) is 0.500. The fourth-order valence-electron chi connectivity index (χ4n) is 2.67. The second-order valence-corrected chi connectivity index (χ2v) is 5.45. The fourth-order valence-corrected chi connectivity index (χ4v) is 2.67. The van der Waals surface area contributed by atoms with Crippen LogP contribution in [-0.4, -0.2) is 36.6 Å². The Morgan fingerprint density at radius 3 is 2.86 bits per heavy atom. The van der Waals surface area contributed by atoms with Gasteiger partial charge >= 0.3 is 5.97 Å². The summed E-state index contributed by atoms with van der Waals surface area (Å²) < 4.78 is 0. The van der Waals surface area contributed by atoms with E-state index in [4.69, 9.17) is 5.11 Å². The number of fused-ring (bicyclic) bond motifs is 1. The van der Waals surface area contributed by atoms with E-state index in [1.807, 2.05) is 13.8 Å². The number of nitrogens with zero attached hydrogens (tertiary/aromatic N) is 1. The van der Waals surface area contributed by atoms with Crippen LogP contribution < -0.4 is 10.2 Å². The Hall–Kier alpha value is -1.88. The zero-order valence-corrected chi connectivity index (χ0v) is 12.6. The summed E-state index contributed by atoms with van der Waals surface area (Å²) in [5.41, 5.74) is 2.09. The SMILES string of the molecule is CCNCC(C)C(=O)N1CCCc2cc(C(=O)O)ccc21. The Labute approximate surface area is 125 Å². The van der Waals surface area contributed by atoms with Crippen LogP contribution in [0.2, 0.25) is 0 Å². The molecule has 0 aromatic heterocycles. The van der Waals surface area contributed by atoms with Crippen LogP contribution in [0.4, 0.5) is 5.69 Å². The number of hydrogen-bond donors (Lipinski definition) is 2. The molecule has 0 aliphatic carbocycles. The Balaban J connectivity index is 2.21. The number of carboxylic acid groups (broad SMARTS) is 1. The molecule has 0 spiro atoms. The molecule has 1 aromatic carbocycles. The molecule has 1 unspecified atom stereocenters. The highest BCUT2D eigenvalue weighted by atomic mass is 16.4. The highest BCUT2D eigenvalue weighted by Gasteiger charge is 2.26. The maximum Gasteiger partial charge on any atom is 0.335 e. The summed E-state index contributed by atoms with van der Waals surface area (Å²) in [5, 5.41) is 12.2. The van der Waals surface area contributed by atoms with Crippen molar-refractivity contribution in [3.63, 3.8) is 0 Å². The van der Waals surface area contributed by atoms with Crippen molar-refractivity contribution in [2.75, 3.05) is 24.5 Å². The second kappa shape index (κ2) is 6.72. The minimum atomic E-state index is -0.929. The molecule has 0 fully saturated rings. The number of carboxylic acids is 1. The second-order valence-electron chi connectivity index (χ2n) is 5.45. The quantitative estimate of drug-likeness (QED) is 0.869. The number of carbonyl (C=O) groups is 2. The lowest BCUT2D eigenvalue weighted by Gasteiger charge is -2.31. The molecule has 114 valence electrons. The number of hydrogen-bond acceptors (Lipinski definition) is 3. The molecule has 1 aromatic rings. The minimum absolute atomic E-state index is 0.0879. The molecule has 1 aliphatic heterocycles. The maximum atomic E-state index is 12.6. The van der Waals surface area contributed by atoms with Gasteiger partial charge in [-0.05, 0) is 43.1 Å².